The molecule has 1 saturated heterocycles. The fraction of sp³-hybridized carbons (Fsp3) is 0.346. The van der Waals surface area contributed by atoms with Crippen molar-refractivity contribution in [3.63, 3.8) is 0 Å². The molecule has 1 atom stereocenters. The van der Waals surface area contributed by atoms with Gasteiger partial charge in [-0.2, -0.15) is 13.9 Å². The van der Waals surface area contributed by atoms with E-state index in [-0.39, 0.29) is 35.5 Å². The van der Waals surface area contributed by atoms with Gasteiger partial charge in [-0.05, 0) is 97.8 Å². The van der Waals surface area contributed by atoms with Crippen LogP contribution in [0.25, 0.3) is 22.4 Å². The molecule has 1 fully saturated rings. The number of anilines is 1. The molecule has 0 spiro atoms. The van der Waals surface area contributed by atoms with E-state index < -0.39 is 12.5 Å². The van der Waals surface area contributed by atoms with Crippen LogP contribution in [0.1, 0.15) is 73.4 Å². The maximum atomic E-state index is 15.3. The van der Waals surface area contributed by atoms with E-state index in [1.807, 2.05) is 108 Å². The standard InChI is InChI=1S/C52H55F2N7O5/c1-33-26-37-10-8-9-11-39(37)32-60(33)51(64)44-29-40-31-59(46(62)27-36-14-16-42(17-15-36)66-25-22-58-20-23-65-24-21-58)19-18-38(40)28-43(44)49-48(45-30-55-61(34(45)2)52(53)54)47(35(3)57(49)4)50(63)56-41-12-6-5-7-13-41/h5-17,28-30,33,52H,18-27,31-32H2,1-4H3,(H,56,63)/t33-/m1/s1. The van der Waals surface area contributed by atoms with Gasteiger partial charge in [0.2, 0.25) is 5.91 Å². The maximum absolute atomic E-state index is 15.3. The molecule has 4 aromatic carbocycles. The number of fused-ring (bicyclic) bond motifs is 2. The molecule has 0 aliphatic carbocycles. The molecule has 342 valence electrons. The Morgan fingerprint density at radius 3 is 2.30 bits per heavy atom. The van der Waals surface area contributed by atoms with E-state index in [0.717, 1.165) is 60.9 Å². The van der Waals surface area contributed by atoms with Crippen molar-refractivity contribution in [2.24, 2.45) is 7.05 Å². The third-order valence-electron chi connectivity index (χ3n) is 13.5. The third kappa shape index (κ3) is 8.99. The zero-order valence-electron chi connectivity index (χ0n) is 37.9. The summed E-state index contributed by atoms with van der Waals surface area (Å²) in [6, 6.07) is 28.6. The maximum Gasteiger partial charge on any atom is 0.333 e. The minimum Gasteiger partial charge on any atom is -0.492 e. The molecule has 0 saturated carbocycles. The first-order valence-corrected chi connectivity index (χ1v) is 22.7. The van der Waals surface area contributed by atoms with Gasteiger partial charge >= 0.3 is 6.55 Å². The van der Waals surface area contributed by atoms with Gasteiger partial charge in [-0.25, -0.2) is 4.68 Å². The predicted octanol–water partition coefficient (Wildman–Crippen LogP) is 8.25. The molecular formula is C52H55F2N7O5. The summed E-state index contributed by atoms with van der Waals surface area (Å²) >= 11 is 0. The third-order valence-corrected chi connectivity index (χ3v) is 13.5. The van der Waals surface area contributed by atoms with Gasteiger partial charge in [0.15, 0.2) is 0 Å². The van der Waals surface area contributed by atoms with Gasteiger partial charge in [-0.1, -0.05) is 54.6 Å². The summed E-state index contributed by atoms with van der Waals surface area (Å²) in [5.41, 5.74) is 8.83. The molecule has 1 N–H and O–H groups in total. The smallest absolute Gasteiger partial charge is 0.333 e. The van der Waals surface area contributed by atoms with Crippen molar-refractivity contribution < 1.29 is 32.6 Å². The Kier molecular flexibility index (Phi) is 12.9. The molecule has 0 bridgehead atoms. The second kappa shape index (κ2) is 19.1. The van der Waals surface area contributed by atoms with Gasteiger partial charge in [-0.15, -0.1) is 0 Å². The lowest BCUT2D eigenvalue weighted by molar-refractivity contribution is -0.131. The number of amides is 3. The first-order valence-electron chi connectivity index (χ1n) is 22.7. The van der Waals surface area contributed by atoms with Crippen LogP contribution < -0.4 is 10.1 Å². The average molecular weight is 896 g/mol. The van der Waals surface area contributed by atoms with Crippen LogP contribution in [0.4, 0.5) is 14.5 Å². The molecule has 0 unspecified atom stereocenters. The Morgan fingerprint density at radius 2 is 1.58 bits per heavy atom. The largest absolute Gasteiger partial charge is 0.492 e. The van der Waals surface area contributed by atoms with Crippen molar-refractivity contribution >= 4 is 23.4 Å². The minimum absolute atomic E-state index is 0.0271. The number of hydrogen-bond donors (Lipinski definition) is 1. The van der Waals surface area contributed by atoms with Crippen LogP contribution in [0.15, 0.2) is 97.2 Å². The molecule has 66 heavy (non-hydrogen) atoms. The highest BCUT2D eigenvalue weighted by atomic mass is 19.3. The quantitative estimate of drug-likeness (QED) is 0.132. The topological polar surface area (TPSA) is 114 Å². The zero-order chi connectivity index (χ0) is 46.1. The van der Waals surface area contributed by atoms with E-state index in [9.17, 15) is 18.4 Å². The van der Waals surface area contributed by atoms with E-state index >= 15 is 4.79 Å². The summed E-state index contributed by atoms with van der Waals surface area (Å²) in [6.07, 6.45) is 2.79. The van der Waals surface area contributed by atoms with Crippen molar-refractivity contribution in [1.82, 2.24) is 29.0 Å². The normalized spacial score (nSPS) is 16.3. The van der Waals surface area contributed by atoms with Gasteiger partial charge in [-0.3, -0.25) is 19.3 Å². The van der Waals surface area contributed by atoms with Gasteiger partial charge < -0.3 is 29.2 Å². The predicted molar refractivity (Wildman–Crippen MR) is 249 cm³/mol. The summed E-state index contributed by atoms with van der Waals surface area (Å²) in [5.74, 6) is 0.0997. The van der Waals surface area contributed by atoms with E-state index in [4.69, 9.17) is 9.47 Å². The van der Waals surface area contributed by atoms with Crippen molar-refractivity contribution in [1.29, 1.82) is 0 Å². The molecule has 3 amide bonds. The highest BCUT2D eigenvalue weighted by molar-refractivity contribution is 6.13. The van der Waals surface area contributed by atoms with Crippen LogP contribution in [0.5, 0.6) is 5.75 Å². The average Bonchev–Trinajstić information content (AvgIpc) is 3.83. The Bertz CT molecular complexity index is 2760. The molecule has 2 aromatic heterocycles. The number of ether oxygens (including phenoxy) is 2. The summed E-state index contributed by atoms with van der Waals surface area (Å²) in [5, 5.41) is 7.08. The molecular weight excluding hydrogens is 841 g/mol. The van der Waals surface area contributed by atoms with E-state index in [1.165, 1.54) is 11.8 Å². The molecule has 12 nitrogen and oxygen atoms in total. The number of nitrogens with zero attached hydrogens (tertiary/aromatic N) is 6. The first kappa shape index (κ1) is 44.6. The van der Waals surface area contributed by atoms with E-state index in [2.05, 4.69) is 21.4 Å². The monoisotopic (exact) mass is 895 g/mol. The van der Waals surface area contributed by atoms with Gasteiger partial charge in [0, 0.05) is 91.7 Å². The summed E-state index contributed by atoms with van der Waals surface area (Å²) in [4.78, 5) is 49.8. The van der Waals surface area contributed by atoms with Gasteiger partial charge in [0.25, 0.3) is 11.8 Å². The minimum atomic E-state index is -2.91. The number of carbonyl (C=O) groups is 3. The van der Waals surface area contributed by atoms with Crippen LogP contribution >= 0.6 is 0 Å². The lowest BCUT2D eigenvalue weighted by Gasteiger charge is -2.36. The lowest BCUT2D eigenvalue weighted by Crippen LogP contribution is -2.43. The Balaban J connectivity index is 1.08. The summed E-state index contributed by atoms with van der Waals surface area (Å²) in [6.45, 7) is 8.37. The Labute approximate surface area is 383 Å². The molecule has 3 aliphatic rings. The summed E-state index contributed by atoms with van der Waals surface area (Å²) < 4.78 is 42.7. The zero-order valence-corrected chi connectivity index (χ0v) is 37.9. The van der Waals surface area contributed by atoms with Crippen molar-refractivity contribution in [3.8, 4) is 28.1 Å². The number of rotatable bonds is 12. The van der Waals surface area contributed by atoms with Gasteiger partial charge in [0.05, 0.1) is 37.1 Å². The molecule has 14 heteroatoms. The number of nitrogens with one attached hydrogen (secondary N) is 1. The molecule has 3 aliphatic heterocycles. The van der Waals surface area contributed by atoms with Crippen molar-refractivity contribution in [2.45, 2.75) is 65.7 Å². The Morgan fingerprint density at radius 1 is 0.848 bits per heavy atom. The fourth-order valence-corrected chi connectivity index (χ4v) is 9.65. The van der Waals surface area contributed by atoms with Gasteiger partial charge in [0.1, 0.15) is 12.4 Å². The highest BCUT2D eigenvalue weighted by Crippen LogP contribution is 2.44. The molecule has 9 rings (SSSR count). The molecule has 0 radical (unpaired) electrons. The van der Waals surface area contributed by atoms with E-state index in [0.29, 0.717) is 83.1 Å². The number of halogens is 2. The number of hydrogen-bond acceptors (Lipinski definition) is 7. The van der Waals surface area contributed by atoms with Crippen LogP contribution in [0.2, 0.25) is 0 Å². The second-order valence-electron chi connectivity index (χ2n) is 17.5. The summed E-state index contributed by atoms with van der Waals surface area (Å²) in [7, 11) is 1.83. The lowest BCUT2D eigenvalue weighted by atomic mass is 9.87. The van der Waals surface area contributed by atoms with Crippen LogP contribution in [-0.4, -0.2) is 98.8 Å². The van der Waals surface area contributed by atoms with Crippen LogP contribution in [0, 0.1) is 13.8 Å². The fourth-order valence-electron chi connectivity index (χ4n) is 9.65. The molecule has 5 heterocycles. The molecule has 6 aromatic rings. The SMILES string of the molecule is Cc1c(-c2c(C(=O)Nc3ccccc3)c(C)n(C)c2-c2cc3c(cc2C(=O)N2Cc4ccccc4C[C@H]2C)CN(C(=O)Cc2ccc(OCCN4CCOCC4)cc2)CC3)cnn1C(F)F. The number of carbonyl (C=O) groups excluding carboxylic acids is 3. The Hall–Kier alpha value is -6.64. The highest BCUT2D eigenvalue weighted by Gasteiger charge is 2.35. The number of morpholine rings is 1. The number of aromatic nitrogens is 3. The van der Waals surface area contributed by atoms with Crippen LogP contribution in [0.3, 0.4) is 0 Å². The van der Waals surface area contributed by atoms with Crippen LogP contribution in [-0.2, 0) is 48.9 Å². The first-order chi connectivity index (χ1) is 31.9. The second-order valence-corrected chi connectivity index (χ2v) is 17.5. The van der Waals surface area contributed by atoms with Crippen molar-refractivity contribution in [3.05, 3.63) is 148 Å². The van der Waals surface area contributed by atoms with E-state index in [1.54, 1.807) is 19.1 Å². The number of alkyl halides is 2. The number of benzene rings is 4. The van der Waals surface area contributed by atoms with Crippen molar-refractivity contribution in [2.75, 3.05) is 51.3 Å². The number of para-hydroxylation sites is 1.